The second-order valence-electron chi connectivity index (χ2n) is 4.09. The molecule has 1 atom stereocenters. The van der Waals surface area contributed by atoms with Gasteiger partial charge in [-0.1, -0.05) is 23.9 Å². The number of hydrogen-bond donors (Lipinski definition) is 0. The molecule has 1 aliphatic rings. The lowest BCUT2D eigenvalue weighted by atomic mass is 10.3. The second kappa shape index (κ2) is 4.26. The standard InChI is InChI=1S/C11H11NO2S3/c13-17(14)6-5-8(7-17)15-11-12-9-3-1-2-4-10(9)16-11/h1-4,8H,5-7H2/t8-/m1/s1. The Morgan fingerprint density at radius 2 is 2.18 bits per heavy atom. The van der Waals surface area contributed by atoms with E-state index in [4.69, 9.17) is 0 Å². The molecule has 0 N–H and O–H groups in total. The molecule has 2 aromatic rings. The van der Waals surface area contributed by atoms with Crippen LogP contribution in [0.1, 0.15) is 6.42 Å². The third-order valence-corrected chi connectivity index (χ3v) is 7.11. The number of nitrogens with zero attached hydrogens (tertiary/aromatic N) is 1. The molecule has 17 heavy (non-hydrogen) atoms. The fourth-order valence-electron chi connectivity index (χ4n) is 1.90. The van der Waals surface area contributed by atoms with Crippen LogP contribution in [-0.2, 0) is 9.84 Å². The lowest BCUT2D eigenvalue weighted by molar-refractivity contribution is 0.602. The van der Waals surface area contributed by atoms with E-state index in [1.807, 2.05) is 24.3 Å². The van der Waals surface area contributed by atoms with Crippen molar-refractivity contribution in [3.8, 4) is 0 Å². The van der Waals surface area contributed by atoms with Crippen LogP contribution in [0.15, 0.2) is 28.6 Å². The number of para-hydroxylation sites is 1. The molecule has 0 amide bonds. The fourth-order valence-corrected chi connectivity index (χ4v) is 6.72. The van der Waals surface area contributed by atoms with Gasteiger partial charge in [-0.05, 0) is 18.6 Å². The molecular weight excluding hydrogens is 274 g/mol. The maximum Gasteiger partial charge on any atom is 0.151 e. The number of thiazole rings is 1. The smallest absolute Gasteiger partial charge is 0.151 e. The van der Waals surface area contributed by atoms with Crippen molar-refractivity contribution in [3.63, 3.8) is 0 Å². The topological polar surface area (TPSA) is 47.0 Å². The summed E-state index contributed by atoms with van der Waals surface area (Å²) in [6, 6.07) is 8.00. The summed E-state index contributed by atoms with van der Waals surface area (Å²) < 4.78 is 24.9. The van der Waals surface area contributed by atoms with Crippen molar-refractivity contribution in [1.82, 2.24) is 4.98 Å². The zero-order chi connectivity index (χ0) is 11.9. The van der Waals surface area contributed by atoms with Crippen molar-refractivity contribution in [2.24, 2.45) is 0 Å². The molecule has 1 saturated heterocycles. The maximum absolute atomic E-state index is 11.4. The SMILES string of the molecule is O=S1(=O)CC[C@@H](Sc2nc3ccccc3s2)C1. The summed E-state index contributed by atoms with van der Waals surface area (Å²) in [5.41, 5.74) is 1.00. The van der Waals surface area contributed by atoms with E-state index < -0.39 is 9.84 Å². The summed E-state index contributed by atoms with van der Waals surface area (Å²) in [5, 5.41) is 0.181. The lowest BCUT2D eigenvalue weighted by Crippen LogP contribution is -2.05. The molecule has 3 rings (SSSR count). The average molecular weight is 285 g/mol. The van der Waals surface area contributed by atoms with Crippen molar-refractivity contribution in [2.75, 3.05) is 11.5 Å². The molecule has 0 aliphatic carbocycles. The van der Waals surface area contributed by atoms with Gasteiger partial charge in [0.2, 0.25) is 0 Å². The van der Waals surface area contributed by atoms with E-state index >= 15 is 0 Å². The molecule has 0 bridgehead atoms. The average Bonchev–Trinajstić information content (AvgIpc) is 2.81. The van der Waals surface area contributed by atoms with Crippen LogP contribution in [-0.4, -0.2) is 30.2 Å². The number of sulfone groups is 1. The molecule has 0 radical (unpaired) electrons. The highest BCUT2D eigenvalue weighted by atomic mass is 32.2. The Hall–Kier alpha value is -0.590. The summed E-state index contributed by atoms with van der Waals surface area (Å²) >= 11 is 3.25. The van der Waals surface area contributed by atoms with Gasteiger partial charge in [-0.15, -0.1) is 11.3 Å². The van der Waals surface area contributed by atoms with Gasteiger partial charge in [0, 0.05) is 5.25 Å². The van der Waals surface area contributed by atoms with Gasteiger partial charge >= 0.3 is 0 Å². The van der Waals surface area contributed by atoms with Crippen LogP contribution in [0, 0.1) is 0 Å². The van der Waals surface area contributed by atoms with Crippen LogP contribution in [0.3, 0.4) is 0 Å². The molecule has 3 nitrogen and oxygen atoms in total. The molecule has 90 valence electrons. The third kappa shape index (κ3) is 2.48. The number of rotatable bonds is 2. The van der Waals surface area contributed by atoms with Gasteiger partial charge in [0.05, 0.1) is 21.7 Å². The van der Waals surface area contributed by atoms with E-state index in [9.17, 15) is 8.42 Å². The normalized spacial score (nSPS) is 23.2. The largest absolute Gasteiger partial charge is 0.230 e. The molecule has 1 aliphatic heterocycles. The number of hydrogen-bond acceptors (Lipinski definition) is 5. The summed E-state index contributed by atoms with van der Waals surface area (Å²) in [7, 11) is -2.79. The first kappa shape index (κ1) is 11.5. The summed E-state index contributed by atoms with van der Waals surface area (Å²) in [6.07, 6.45) is 0.753. The van der Waals surface area contributed by atoms with E-state index in [1.165, 1.54) is 0 Å². The van der Waals surface area contributed by atoms with Crippen LogP contribution in [0.25, 0.3) is 10.2 Å². The first-order chi connectivity index (χ1) is 8.12. The Kier molecular flexibility index (Phi) is 2.88. The molecule has 0 saturated carbocycles. The number of fused-ring (bicyclic) bond motifs is 1. The van der Waals surface area contributed by atoms with Crippen molar-refractivity contribution >= 4 is 43.2 Å². The van der Waals surface area contributed by atoms with E-state index in [0.717, 1.165) is 21.0 Å². The minimum absolute atomic E-state index is 0.181. The van der Waals surface area contributed by atoms with Crippen molar-refractivity contribution < 1.29 is 8.42 Å². The Morgan fingerprint density at radius 3 is 2.88 bits per heavy atom. The maximum atomic E-state index is 11.4. The predicted octanol–water partition coefficient (Wildman–Crippen LogP) is 2.58. The number of benzene rings is 1. The molecular formula is C11H11NO2S3. The third-order valence-electron chi connectivity index (χ3n) is 2.73. The Morgan fingerprint density at radius 1 is 1.35 bits per heavy atom. The van der Waals surface area contributed by atoms with Crippen molar-refractivity contribution in [1.29, 1.82) is 0 Å². The first-order valence-corrected chi connectivity index (χ1v) is 8.87. The zero-order valence-corrected chi connectivity index (χ0v) is 11.4. The van der Waals surface area contributed by atoms with Crippen molar-refractivity contribution in [2.45, 2.75) is 16.0 Å². The molecule has 1 aromatic carbocycles. The Labute approximate surface area is 108 Å². The monoisotopic (exact) mass is 285 g/mol. The molecule has 0 spiro atoms. The molecule has 1 fully saturated rings. The van der Waals surface area contributed by atoms with Crippen LogP contribution >= 0.6 is 23.1 Å². The van der Waals surface area contributed by atoms with E-state index in [0.29, 0.717) is 11.5 Å². The highest BCUT2D eigenvalue weighted by molar-refractivity contribution is 8.03. The lowest BCUT2D eigenvalue weighted by Gasteiger charge is -2.02. The van der Waals surface area contributed by atoms with Gasteiger partial charge < -0.3 is 0 Å². The minimum Gasteiger partial charge on any atom is -0.230 e. The molecule has 0 unspecified atom stereocenters. The second-order valence-corrected chi connectivity index (χ2v) is 8.90. The van der Waals surface area contributed by atoms with Crippen LogP contribution in [0.5, 0.6) is 0 Å². The minimum atomic E-state index is -2.79. The summed E-state index contributed by atoms with van der Waals surface area (Å²) in [4.78, 5) is 4.51. The van der Waals surface area contributed by atoms with Crippen LogP contribution < -0.4 is 0 Å². The van der Waals surface area contributed by atoms with Gasteiger partial charge in [0.15, 0.2) is 14.2 Å². The predicted molar refractivity (Wildman–Crippen MR) is 72.5 cm³/mol. The van der Waals surface area contributed by atoms with E-state index in [2.05, 4.69) is 4.98 Å². The van der Waals surface area contributed by atoms with Gasteiger partial charge in [-0.3, -0.25) is 0 Å². The molecule has 1 aromatic heterocycles. The first-order valence-electron chi connectivity index (χ1n) is 5.35. The van der Waals surface area contributed by atoms with Crippen molar-refractivity contribution in [3.05, 3.63) is 24.3 Å². The highest BCUT2D eigenvalue weighted by Gasteiger charge is 2.29. The van der Waals surface area contributed by atoms with E-state index in [-0.39, 0.29) is 5.25 Å². The highest BCUT2D eigenvalue weighted by Crippen LogP contribution is 2.35. The summed E-state index contributed by atoms with van der Waals surface area (Å²) in [6.45, 7) is 0. The van der Waals surface area contributed by atoms with Crippen LogP contribution in [0.4, 0.5) is 0 Å². The van der Waals surface area contributed by atoms with Crippen LogP contribution in [0.2, 0.25) is 0 Å². The number of thioether (sulfide) groups is 1. The molecule has 6 heteroatoms. The Bertz CT molecular complexity index is 615. The van der Waals surface area contributed by atoms with Gasteiger partial charge in [-0.25, -0.2) is 13.4 Å². The molecule has 2 heterocycles. The van der Waals surface area contributed by atoms with E-state index in [1.54, 1.807) is 23.1 Å². The van der Waals surface area contributed by atoms with Gasteiger partial charge in [-0.2, -0.15) is 0 Å². The summed E-state index contributed by atoms with van der Waals surface area (Å²) in [5.74, 6) is 0.628. The number of aromatic nitrogens is 1. The van der Waals surface area contributed by atoms with Gasteiger partial charge in [0.1, 0.15) is 0 Å². The van der Waals surface area contributed by atoms with Gasteiger partial charge in [0.25, 0.3) is 0 Å². The fraction of sp³-hybridized carbons (Fsp3) is 0.364. The zero-order valence-electron chi connectivity index (χ0n) is 9.00. The quantitative estimate of drug-likeness (QED) is 0.851. The Balaban J connectivity index is 1.81.